The van der Waals surface area contributed by atoms with E-state index in [4.69, 9.17) is 17.3 Å². The lowest BCUT2D eigenvalue weighted by Gasteiger charge is -2.03. The molecule has 3 nitrogen and oxygen atoms in total. The highest BCUT2D eigenvalue weighted by Gasteiger charge is 2.10. The van der Waals surface area contributed by atoms with Crippen LogP contribution in [0.4, 0.5) is 5.82 Å². The quantitative estimate of drug-likeness (QED) is 0.815. The van der Waals surface area contributed by atoms with Crippen LogP contribution < -0.4 is 5.73 Å². The van der Waals surface area contributed by atoms with E-state index in [1.165, 1.54) is 0 Å². The van der Waals surface area contributed by atoms with Crippen LogP contribution in [0.3, 0.4) is 0 Å². The lowest BCUT2D eigenvalue weighted by molar-refractivity contribution is 0.872. The van der Waals surface area contributed by atoms with E-state index in [1.54, 1.807) is 4.68 Å². The predicted octanol–water partition coefficient (Wildman–Crippen LogP) is 3.02. The summed E-state index contributed by atoms with van der Waals surface area (Å²) in [6.07, 6.45) is 0. The number of aromatic nitrogens is 2. The van der Waals surface area contributed by atoms with Crippen molar-refractivity contribution in [2.45, 2.75) is 6.92 Å². The van der Waals surface area contributed by atoms with Crippen LogP contribution in [0.2, 0.25) is 5.02 Å². The third-order valence-electron chi connectivity index (χ3n) is 2.07. The lowest BCUT2D eigenvalue weighted by Crippen LogP contribution is -2.02. The molecule has 0 unspecified atom stereocenters. The van der Waals surface area contributed by atoms with Gasteiger partial charge in [-0.05, 0) is 47.7 Å². The Kier molecular flexibility index (Phi) is 2.88. The number of nitrogens with zero attached hydrogens (tertiary/aromatic N) is 2. The molecule has 2 aromatic rings. The molecule has 78 valence electrons. The molecule has 0 aliphatic carbocycles. The summed E-state index contributed by atoms with van der Waals surface area (Å²) >= 11 is 8.09. The number of aryl methyl sites for hydroxylation is 1. The van der Waals surface area contributed by atoms with Gasteiger partial charge in [-0.25, -0.2) is 4.68 Å². The second kappa shape index (κ2) is 4.02. The summed E-state index contributed by atoms with van der Waals surface area (Å²) in [5.74, 6) is 0.648. The van der Waals surface area contributed by atoms with Crippen molar-refractivity contribution in [2.24, 2.45) is 0 Å². The Morgan fingerprint density at radius 1 is 1.47 bits per heavy atom. The van der Waals surface area contributed by atoms with Crippen LogP contribution in [-0.4, -0.2) is 9.78 Å². The fraction of sp³-hybridized carbons (Fsp3) is 0.100. The molecule has 1 aromatic carbocycles. The van der Waals surface area contributed by atoms with Crippen LogP contribution in [0, 0.1) is 10.5 Å². The van der Waals surface area contributed by atoms with Gasteiger partial charge in [-0.15, -0.1) is 0 Å². The van der Waals surface area contributed by atoms with Gasteiger partial charge in [-0.2, -0.15) is 5.10 Å². The van der Waals surface area contributed by atoms with E-state index in [0.717, 1.165) is 15.0 Å². The highest BCUT2D eigenvalue weighted by Crippen LogP contribution is 2.23. The Morgan fingerprint density at radius 3 is 2.73 bits per heavy atom. The van der Waals surface area contributed by atoms with Gasteiger partial charge in [0.25, 0.3) is 0 Å². The Bertz CT molecular complexity index is 507. The summed E-state index contributed by atoms with van der Waals surface area (Å²) in [6, 6.07) is 7.45. The summed E-state index contributed by atoms with van der Waals surface area (Å²) in [5.41, 5.74) is 7.74. The smallest absolute Gasteiger partial charge is 0.140 e. The number of anilines is 1. The molecule has 0 saturated carbocycles. The van der Waals surface area contributed by atoms with Gasteiger partial charge in [-0.1, -0.05) is 17.7 Å². The average molecular weight is 334 g/mol. The van der Waals surface area contributed by atoms with Gasteiger partial charge in [0.15, 0.2) is 0 Å². The molecule has 0 fully saturated rings. The van der Waals surface area contributed by atoms with E-state index in [2.05, 4.69) is 27.7 Å². The van der Waals surface area contributed by atoms with Crippen molar-refractivity contribution in [3.05, 3.63) is 38.6 Å². The maximum absolute atomic E-state index is 5.94. The average Bonchev–Trinajstić information content (AvgIpc) is 2.46. The normalized spacial score (nSPS) is 10.6. The number of nitrogen functional groups attached to an aromatic ring is 1. The van der Waals surface area contributed by atoms with Crippen LogP contribution in [0.1, 0.15) is 5.69 Å². The minimum atomic E-state index is 0.648. The molecule has 1 heterocycles. The molecule has 0 saturated heterocycles. The van der Waals surface area contributed by atoms with Gasteiger partial charge in [0.1, 0.15) is 5.82 Å². The van der Waals surface area contributed by atoms with E-state index in [1.807, 2.05) is 31.2 Å². The molecular weight excluding hydrogens is 324 g/mol. The molecule has 0 amide bonds. The maximum atomic E-state index is 5.94. The van der Waals surface area contributed by atoms with Gasteiger partial charge in [0.2, 0.25) is 0 Å². The zero-order valence-corrected chi connectivity index (χ0v) is 11.0. The standard InChI is InChI=1S/C10H9ClIN3/c1-6-9(12)10(13)15(14-6)8-4-2-3-7(11)5-8/h2-5H,13H2,1H3. The van der Waals surface area contributed by atoms with E-state index < -0.39 is 0 Å². The van der Waals surface area contributed by atoms with E-state index in [9.17, 15) is 0 Å². The first-order chi connectivity index (χ1) is 7.09. The monoisotopic (exact) mass is 333 g/mol. The molecule has 1 aromatic heterocycles. The summed E-state index contributed by atoms with van der Waals surface area (Å²) < 4.78 is 2.68. The van der Waals surface area contributed by atoms with Crippen molar-refractivity contribution >= 4 is 40.0 Å². The summed E-state index contributed by atoms with van der Waals surface area (Å²) in [7, 11) is 0. The van der Waals surface area contributed by atoms with Crippen LogP contribution in [0.15, 0.2) is 24.3 Å². The first kappa shape index (κ1) is 10.8. The maximum Gasteiger partial charge on any atom is 0.140 e. The van der Waals surface area contributed by atoms with Crippen LogP contribution in [0.25, 0.3) is 5.69 Å². The first-order valence-corrected chi connectivity index (χ1v) is 5.82. The van der Waals surface area contributed by atoms with Crippen molar-refractivity contribution in [3.63, 3.8) is 0 Å². The molecule has 5 heteroatoms. The van der Waals surface area contributed by atoms with Crippen molar-refractivity contribution in [1.82, 2.24) is 9.78 Å². The molecular formula is C10H9ClIN3. The van der Waals surface area contributed by atoms with Crippen LogP contribution in [-0.2, 0) is 0 Å². The molecule has 0 aliphatic rings. The molecule has 0 spiro atoms. The van der Waals surface area contributed by atoms with E-state index >= 15 is 0 Å². The third-order valence-corrected chi connectivity index (χ3v) is 3.64. The first-order valence-electron chi connectivity index (χ1n) is 4.36. The number of nitrogens with two attached hydrogens (primary N) is 1. The van der Waals surface area contributed by atoms with Gasteiger partial charge >= 0.3 is 0 Å². The highest BCUT2D eigenvalue weighted by atomic mass is 127. The summed E-state index contributed by atoms with van der Waals surface area (Å²) in [6.45, 7) is 1.93. The summed E-state index contributed by atoms with van der Waals surface area (Å²) in [5, 5.41) is 5.02. The number of rotatable bonds is 1. The number of halogens is 2. The number of benzene rings is 1. The number of hydrogen-bond donors (Lipinski definition) is 1. The molecule has 0 radical (unpaired) electrons. The fourth-order valence-corrected chi connectivity index (χ4v) is 1.85. The predicted molar refractivity (Wildman–Crippen MR) is 70.4 cm³/mol. The Labute approximate surface area is 106 Å². The van der Waals surface area contributed by atoms with E-state index in [-0.39, 0.29) is 0 Å². The molecule has 0 aliphatic heterocycles. The Balaban J connectivity index is 2.59. The molecule has 15 heavy (non-hydrogen) atoms. The van der Waals surface area contributed by atoms with Crippen LogP contribution >= 0.6 is 34.2 Å². The zero-order valence-electron chi connectivity index (χ0n) is 8.04. The van der Waals surface area contributed by atoms with Crippen molar-refractivity contribution in [2.75, 3.05) is 5.73 Å². The fourth-order valence-electron chi connectivity index (χ4n) is 1.33. The van der Waals surface area contributed by atoms with Gasteiger partial charge in [-0.3, -0.25) is 0 Å². The van der Waals surface area contributed by atoms with Gasteiger partial charge in [0, 0.05) is 5.02 Å². The molecule has 0 atom stereocenters. The second-order valence-electron chi connectivity index (χ2n) is 3.18. The van der Waals surface area contributed by atoms with Crippen molar-refractivity contribution < 1.29 is 0 Å². The highest BCUT2D eigenvalue weighted by molar-refractivity contribution is 14.1. The topological polar surface area (TPSA) is 43.8 Å². The van der Waals surface area contributed by atoms with Gasteiger partial charge < -0.3 is 5.73 Å². The van der Waals surface area contributed by atoms with Gasteiger partial charge in [0.05, 0.1) is 15.0 Å². The molecule has 2 N–H and O–H groups in total. The summed E-state index contributed by atoms with van der Waals surface area (Å²) in [4.78, 5) is 0. The van der Waals surface area contributed by atoms with E-state index in [0.29, 0.717) is 10.8 Å². The van der Waals surface area contributed by atoms with Crippen molar-refractivity contribution in [1.29, 1.82) is 0 Å². The SMILES string of the molecule is Cc1nn(-c2cccc(Cl)c2)c(N)c1I. The molecule has 0 bridgehead atoms. The largest absolute Gasteiger partial charge is 0.383 e. The number of hydrogen-bond acceptors (Lipinski definition) is 2. The van der Waals surface area contributed by atoms with Crippen molar-refractivity contribution in [3.8, 4) is 5.69 Å². The minimum absolute atomic E-state index is 0.648. The molecule has 2 rings (SSSR count). The lowest BCUT2D eigenvalue weighted by atomic mass is 10.3. The van der Waals surface area contributed by atoms with Crippen LogP contribution in [0.5, 0.6) is 0 Å². The Hall–Kier alpha value is -0.750. The third kappa shape index (κ3) is 1.96. The zero-order chi connectivity index (χ0) is 11.0. The minimum Gasteiger partial charge on any atom is -0.383 e. The second-order valence-corrected chi connectivity index (χ2v) is 4.69. The Morgan fingerprint density at radius 2 is 2.20 bits per heavy atom.